The van der Waals surface area contributed by atoms with Gasteiger partial charge in [-0.1, -0.05) is 0 Å². The van der Waals surface area contributed by atoms with Crippen molar-refractivity contribution in [1.82, 2.24) is 24.6 Å². The van der Waals surface area contributed by atoms with E-state index in [4.69, 9.17) is 0 Å². The molecule has 2 N–H and O–H groups in total. The van der Waals surface area contributed by atoms with Crippen molar-refractivity contribution in [3.63, 3.8) is 0 Å². The van der Waals surface area contributed by atoms with Gasteiger partial charge in [-0.25, -0.2) is 9.67 Å². The van der Waals surface area contributed by atoms with Gasteiger partial charge in [-0.3, -0.25) is 9.59 Å². The summed E-state index contributed by atoms with van der Waals surface area (Å²) in [5.41, 5.74) is 1.29. The number of piperidine rings is 1. The summed E-state index contributed by atoms with van der Waals surface area (Å²) in [5.74, 6) is 0.980. The number of carbonyl (C=O) groups is 2. The molecule has 2 amide bonds. The molecule has 132 valence electrons. The predicted octanol–water partition coefficient (Wildman–Crippen LogP) is 1.74. The Hall–Kier alpha value is -2.64. The number of anilines is 1. The van der Waals surface area contributed by atoms with Crippen molar-refractivity contribution in [1.29, 1.82) is 0 Å². The lowest BCUT2D eigenvalue weighted by Gasteiger charge is -2.32. The van der Waals surface area contributed by atoms with Gasteiger partial charge in [0.05, 0.1) is 18.6 Å². The molecule has 0 radical (unpaired) electrons. The van der Waals surface area contributed by atoms with Crippen molar-refractivity contribution in [2.45, 2.75) is 38.6 Å². The second-order valence-corrected chi connectivity index (χ2v) is 6.82. The van der Waals surface area contributed by atoms with Crippen LogP contribution in [0, 0.1) is 12.8 Å². The highest BCUT2D eigenvalue weighted by Gasteiger charge is 2.31. The summed E-state index contributed by atoms with van der Waals surface area (Å²) in [6.45, 7) is 3.17. The maximum absolute atomic E-state index is 12.5. The number of imidazole rings is 1. The second kappa shape index (κ2) is 6.34. The van der Waals surface area contributed by atoms with Crippen molar-refractivity contribution >= 4 is 17.6 Å². The zero-order valence-electron chi connectivity index (χ0n) is 14.2. The minimum atomic E-state index is -0.0278. The number of rotatable bonds is 4. The Kier molecular flexibility index (Phi) is 4.03. The molecule has 1 aliphatic carbocycles. The summed E-state index contributed by atoms with van der Waals surface area (Å²) in [5, 5.41) is 7.37. The van der Waals surface area contributed by atoms with E-state index in [1.54, 1.807) is 12.5 Å². The molecule has 2 aliphatic rings. The maximum atomic E-state index is 12.5. The molecule has 8 nitrogen and oxygen atoms in total. The first-order valence-corrected chi connectivity index (χ1v) is 8.77. The van der Waals surface area contributed by atoms with E-state index in [2.05, 4.69) is 20.4 Å². The van der Waals surface area contributed by atoms with Crippen molar-refractivity contribution in [2.75, 3.05) is 18.4 Å². The summed E-state index contributed by atoms with van der Waals surface area (Å²) in [6.07, 6.45) is 6.84. The van der Waals surface area contributed by atoms with E-state index in [9.17, 15) is 9.59 Å². The minimum Gasteiger partial charge on any atom is -0.348 e. The topological polar surface area (TPSA) is 95.9 Å². The first-order valence-electron chi connectivity index (χ1n) is 8.77. The molecular weight excluding hydrogens is 320 g/mol. The fourth-order valence-corrected chi connectivity index (χ4v) is 3.32. The Labute approximate surface area is 145 Å². The Morgan fingerprint density at radius 2 is 2.00 bits per heavy atom. The third-order valence-electron chi connectivity index (χ3n) is 5.00. The number of aromatic amines is 1. The number of nitrogens with one attached hydrogen (secondary N) is 2. The summed E-state index contributed by atoms with van der Waals surface area (Å²) in [4.78, 5) is 33.4. The molecule has 1 saturated carbocycles. The molecule has 25 heavy (non-hydrogen) atoms. The highest BCUT2D eigenvalue weighted by molar-refractivity contribution is 5.94. The van der Waals surface area contributed by atoms with Crippen LogP contribution in [-0.4, -0.2) is 49.6 Å². The maximum Gasteiger partial charge on any atom is 0.274 e. The van der Waals surface area contributed by atoms with Crippen LogP contribution in [0.4, 0.5) is 5.82 Å². The smallest absolute Gasteiger partial charge is 0.274 e. The zero-order chi connectivity index (χ0) is 17.4. The average Bonchev–Trinajstić information content (AvgIpc) is 3.24. The number of likely N-dealkylation sites (tertiary alicyclic amines) is 1. The number of amides is 2. The van der Waals surface area contributed by atoms with Crippen LogP contribution < -0.4 is 5.32 Å². The normalized spacial score (nSPS) is 18.4. The van der Waals surface area contributed by atoms with Gasteiger partial charge in [0.15, 0.2) is 0 Å². The molecule has 4 rings (SSSR count). The first kappa shape index (κ1) is 15.9. The average molecular weight is 342 g/mol. The summed E-state index contributed by atoms with van der Waals surface area (Å²) in [6, 6.07) is 2.03. The van der Waals surface area contributed by atoms with E-state index in [0.717, 1.165) is 37.2 Å². The fourth-order valence-electron chi connectivity index (χ4n) is 3.32. The highest BCUT2D eigenvalue weighted by atomic mass is 16.2. The molecule has 1 aliphatic heterocycles. The number of aryl methyl sites for hydroxylation is 1. The van der Waals surface area contributed by atoms with E-state index in [1.807, 2.05) is 22.6 Å². The number of aromatic nitrogens is 4. The number of hydrogen-bond donors (Lipinski definition) is 2. The molecule has 0 unspecified atom stereocenters. The number of H-pyrrole nitrogens is 1. The third kappa shape index (κ3) is 3.16. The van der Waals surface area contributed by atoms with E-state index in [0.29, 0.717) is 18.8 Å². The van der Waals surface area contributed by atoms with Crippen LogP contribution in [0.5, 0.6) is 0 Å². The van der Waals surface area contributed by atoms with E-state index < -0.39 is 0 Å². The lowest BCUT2D eigenvalue weighted by molar-refractivity contribution is -0.117. The molecule has 2 aromatic rings. The Morgan fingerprint density at radius 1 is 1.24 bits per heavy atom. The van der Waals surface area contributed by atoms with Gasteiger partial charge in [-0.2, -0.15) is 5.10 Å². The molecule has 0 spiro atoms. The Bertz CT molecular complexity index is 783. The van der Waals surface area contributed by atoms with Gasteiger partial charge in [0.2, 0.25) is 5.91 Å². The standard InChI is InChI=1S/C17H22N6O2/c1-11-15(19-10-18-11)17(25)22-8-5-13(6-9-22)23-14(4-7-20-23)21-16(24)12-2-3-12/h4,7,10,12-13H,2-3,5-6,8-9H2,1H3,(H,18,19)(H,21,24). The van der Waals surface area contributed by atoms with Crippen LogP contribution in [0.25, 0.3) is 0 Å². The van der Waals surface area contributed by atoms with Crippen molar-refractivity contribution in [2.24, 2.45) is 5.92 Å². The van der Waals surface area contributed by atoms with Gasteiger partial charge < -0.3 is 15.2 Å². The summed E-state index contributed by atoms with van der Waals surface area (Å²) < 4.78 is 1.89. The van der Waals surface area contributed by atoms with E-state index in [-0.39, 0.29) is 23.8 Å². The lowest BCUT2D eigenvalue weighted by atomic mass is 10.0. The van der Waals surface area contributed by atoms with Gasteiger partial charge in [0.25, 0.3) is 5.91 Å². The van der Waals surface area contributed by atoms with Crippen LogP contribution in [0.15, 0.2) is 18.6 Å². The van der Waals surface area contributed by atoms with Crippen molar-refractivity contribution in [3.05, 3.63) is 30.0 Å². The molecule has 0 aromatic carbocycles. The van der Waals surface area contributed by atoms with Gasteiger partial charge >= 0.3 is 0 Å². The van der Waals surface area contributed by atoms with Crippen molar-refractivity contribution < 1.29 is 9.59 Å². The van der Waals surface area contributed by atoms with E-state index >= 15 is 0 Å². The Morgan fingerprint density at radius 3 is 2.64 bits per heavy atom. The zero-order valence-corrected chi connectivity index (χ0v) is 14.2. The highest BCUT2D eigenvalue weighted by Crippen LogP contribution is 2.31. The molecule has 2 aromatic heterocycles. The largest absolute Gasteiger partial charge is 0.348 e. The second-order valence-electron chi connectivity index (χ2n) is 6.82. The molecule has 2 fully saturated rings. The summed E-state index contributed by atoms with van der Waals surface area (Å²) >= 11 is 0. The first-order chi connectivity index (χ1) is 12.1. The quantitative estimate of drug-likeness (QED) is 0.884. The molecule has 0 atom stereocenters. The SMILES string of the molecule is Cc1[nH]cnc1C(=O)N1CCC(n2nccc2NC(=O)C2CC2)CC1. The molecule has 8 heteroatoms. The number of carbonyl (C=O) groups excluding carboxylic acids is 2. The van der Waals surface area contributed by atoms with Gasteiger partial charge in [0.1, 0.15) is 11.5 Å². The van der Waals surface area contributed by atoms with Crippen LogP contribution in [0.2, 0.25) is 0 Å². The van der Waals surface area contributed by atoms with Gasteiger partial charge in [-0.05, 0) is 32.6 Å². The van der Waals surface area contributed by atoms with Crippen LogP contribution in [0.1, 0.15) is 47.9 Å². The predicted molar refractivity (Wildman–Crippen MR) is 91.1 cm³/mol. The van der Waals surface area contributed by atoms with Gasteiger partial charge in [-0.15, -0.1) is 0 Å². The Balaban J connectivity index is 1.39. The summed E-state index contributed by atoms with van der Waals surface area (Å²) in [7, 11) is 0. The van der Waals surface area contributed by atoms with E-state index in [1.165, 1.54) is 0 Å². The van der Waals surface area contributed by atoms with Gasteiger partial charge in [0, 0.05) is 30.8 Å². The molecule has 3 heterocycles. The fraction of sp³-hybridized carbons (Fsp3) is 0.529. The number of nitrogens with zero attached hydrogens (tertiary/aromatic N) is 4. The minimum absolute atomic E-state index is 0.0278. The lowest BCUT2D eigenvalue weighted by Crippen LogP contribution is -2.39. The number of hydrogen-bond acceptors (Lipinski definition) is 4. The van der Waals surface area contributed by atoms with Crippen LogP contribution in [-0.2, 0) is 4.79 Å². The molecule has 1 saturated heterocycles. The van der Waals surface area contributed by atoms with Crippen molar-refractivity contribution in [3.8, 4) is 0 Å². The van der Waals surface area contributed by atoms with Crippen LogP contribution >= 0.6 is 0 Å². The monoisotopic (exact) mass is 342 g/mol. The molecular formula is C17H22N6O2. The van der Waals surface area contributed by atoms with Crippen LogP contribution in [0.3, 0.4) is 0 Å². The molecule has 0 bridgehead atoms. The third-order valence-corrected chi connectivity index (χ3v) is 5.00.